The third-order valence-electron chi connectivity index (χ3n) is 1.75. The van der Waals surface area contributed by atoms with Gasteiger partial charge in [-0.1, -0.05) is 0 Å². The van der Waals surface area contributed by atoms with Gasteiger partial charge >= 0.3 is 0 Å². The minimum Gasteiger partial charge on any atom is -0.248 e. The Balaban J connectivity index is 2.23. The van der Waals surface area contributed by atoms with Gasteiger partial charge in [0.1, 0.15) is 0 Å². The monoisotopic (exact) mass is 127 g/mol. The van der Waals surface area contributed by atoms with Crippen LogP contribution in [0.5, 0.6) is 0 Å². The largest absolute Gasteiger partial charge is 0.248 e. The first-order valence-electron chi connectivity index (χ1n) is 3.54. The SMILES string of the molecule is CN(C)N1CC[CH]CC1. The van der Waals surface area contributed by atoms with Crippen molar-refractivity contribution in [2.75, 3.05) is 27.2 Å². The molecule has 1 aliphatic heterocycles. The molecule has 1 radical (unpaired) electrons. The fraction of sp³-hybridized carbons (Fsp3) is 0.857. The van der Waals surface area contributed by atoms with E-state index in [0.717, 1.165) is 0 Å². The molecule has 0 aromatic heterocycles. The second kappa shape index (κ2) is 3.18. The number of piperidine rings is 1. The smallest absolute Gasteiger partial charge is 0.0135 e. The van der Waals surface area contributed by atoms with Crippen LogP contribution in [0.3, 0.4) is 0 Å². The molecule has 1 rings (SSSR count). The quantitative estimate of drug-likeness (QED) is 0.513. The van der Waals surface area contributed by atoms with Crippen LogP contribution in [0, 0.1) is 6.42 Å². The van der Waals surface area contributed by atoms with Crippen molar-refractivity contribution in [3.63, 3.8) is 0 Å². The minimum absolute atomic E-state index is 1.20. The number of hydrogen-bond acceptors (Lipinski definition) is 2. The summed E-state index contributed by atoms with van der Waals surface area (Å²) in [5.74, 6) is 0. The van der Waals surface area contributed by atoms with E-state index in [0.29, 0.717) is 0 Å². The van der Waals surface area contributed by atoms with Gasteiger partial charge in [0.15, 0.2) is 0 Å². The normalized spacial score (nSPS) is 23.0. The Kier molecular flexibility index (Phi) is 2.49. The molecule has 0 aliphatic carbocycles. The standard InChI is InChI=1S/C7H15N2/c1-8(2)9-6-4-3-5-7-9/h3H,4-7H2,1-2H3. The maximum atomic E-state index is 2.36. The van der Waals surface area contributed by atoms with Gasteiger partial charge in [0, 0.05) is 27.2 Å². The van der Waals surface area contributed by atoms with Crippen LogP contribution in [-0.2, 0) is 0 Å². The lowest BCUT2D eigenvalue weighted by molar-refractivity contribution is 0.0167. The highest BCUT2D eigenvalue weighted by Gasteiger charge is 2.10. The van der Waals surface area contributed by atoms with E-state index < -0.39 is 0 Å². The molecule has 9 heavy (non-hydrogen) atoms. The second-order valence-electron chi connectivity index (χ2n) is 2.67. The summed E-state index contributed by atoms with van der Waals surface area (Å²) in [5.41, 5.74) is 0. The lowest BCUT2D eigenvalue weighted by Crippen LogP contribution is -2.40. The van der Waals surface area contributed by atoms with E-state index in [1.54, 1.807) is 0 Å². The highest BCUT2D eigenvalue weighted by atomic mass is 15.6. The maximum Gasteiger partial charge on any atom is 0.0135 e. The van der Waals surface area contributed by atoms with Gasteiger partial charge < -0.3 is 0 Å². The van der Waals surface area contributed by atoms with Crippen LogP contribution in [0.1, 0.15) is 12.8 Å². The highest BCUT2D eigenvalue weighted by molar-refractivity contribution is 4.74. The Hall–Kier alpha value is -0.0800. The summed E-state index contributed by atoms with van der Waals surface area (Å²) < 4.78 is 0. The summed E-state index contributed by atoms with van der Waals surface area (Å²) in [6.07, 6.45) is 4.86. The van der Waals surface area contributed by atoms with Gasteiger partial charge in [0.2, 0.25) is 0 Å². The van der Waals surface area contributed by atoms with Crippen LogP contribution in [0.15, 0.2) is 0 Å². The molecule has 1 heterocycles. The first-order chi connectivity index (χ1) is 4.30. The van der Waals surface area contributed by atoms with Gasteiger partial charge in [-0.25, -0.2) is 10.0 Å². The number of hydrogen-bond donors (Lipinski definition) is 0. The van der Waals surface area contributed by atoms with Crippen molar-refractivity contribution in [3.05, 3.63) is 6.42 Å². The van der Waals surface area contributed by atoms with Crippen molar-refractivity contribution in [2.24, 2.45) is 0 Å². The van der Waals surface area contributed by atoms with E-state index in [1.165, 1.54) is 25.9 Å². The number of nitrogens with zero attached hydrogens (tertiary/aromatic N) is 2. The minimum atomic E-state index is 1.20. The Morgan fingerprint density at radius 2 is 1.78 bits per heavy atom. The van der Waals surface area contributed by atoms with E-state index >= 15 is 0 Å². The molecule has 0 saturated carbocycles. The summed E-state index contributed by atoms with van der Waals surface area (Å²) in [7, 11) is 4.20. The Morgan fingerprint density at radius 1 is 1.22 bits per heavy atom. The zero-order chi connectivity index (χ0) is 6.69. The van der Waals surface area contributed by atoms with Gasteiger partial charge in [-0.2, -0.15) is 0 Å². The van der Waals surface area contributed by atoms with Crippen molar-refractivity contribution >= 4 is 0 Å². The van der Waals surface area contributed by atoms with Crippen LogP contribution in [-0.4, -0.2) is 37.2 Å². The van der Waals surface area contributed by atoms with E-state index in [4.69, 9.17) is 0 Å². The van der Waals surface area contributed by atoms with Gasteiger partial charge in [-0.3, -0.25) is 0 Å². The molecule has 0 aromatic rings. The summed E-state index contributed by atoms with van der Waals surface area (Å²) in [4.78, 5) is 0. The van der Waals surface area contributed by atoms with Crippen molar-refractivity contribution in [1.82, 2.24) is 10.0 Å². The summed E-state index contributed by atoms with van der Waals surface area (Å²) in [6.45, 7) is 2.40. The molecule has 0 N–H and O–H groups in total. The molecular formula is C7H15N2. The highest BCUT2D eigenvalue weighted by Crippen LogP contribution is 2.07. The molecular weight excluding hydrogens is 112 g/mol. The molecule has 0 spiro atoms. The van der Waals surface area contributed by atoms with Crippen molar-refractivity contribution in [3.8, 4) is 0 Å². The predicted molar refractivity (Wildman–Crippen MR) is 38.8 cm³/mol. The topological polar surface area (TPSA) is 6.48 Å². The third-order valence-corrected chi connectivity index (χ3v) is 1.75. The summed E-state index contributed by atoms with van der Waals surface area (Å²) >= 11 is 0. The fourth-order valence-corrected chi connectivity index (χ4v) is 1.14. The molecule has 0 aromatic carbocycles. The lowest BCUT2D eigenvalue weighted by atomic mass is 10.2. The van der Waals surface area contributed by atoms with Gasteiger partial charge in [0.25, 0.3) is 0 Å². The van der Waals surface area contributed by atoms with E-state index in [9.17, 15) is 0 Å². The Morgan fingerprint density at radius 3 is 2.11 bits per heavy atom. The Labute approximate surface area is 57.4 Å². The molecule has 0 unspecified atom stereocenters. The first-order valence-corrected chi connectivity index (χ1v) is 3.54. The molecule has 1 saturated heterocycles. The second-order valence-corrected chi connectivity index (χ2v) is 2.67. The van der Waals surface area contributed by atoms with Crippen LogP contribution in [0.25, 0.3) is 0 Å². The summed E-state index contributed by atoms with van der Waals surface area (Å²) in [6, 6.07) is 0. The molecule has 0 atom stereocenters. The van der Waals surface area contributed by atoms with E-state index in [-0.39, 0.29) is 0 Å². The Bertz CT molecular complexity index is 75.0. The molecule has 1 fully saturated rings. The molecule has 0 amide bonds. The molecule has 2 nitrogen and oxygen atoms in total. The maximum absolute atomic E-state index is 2.36. The average Bonchev–Trinajstić information content (AvgIpc) is 1.90. The molecule has 53 valence electrons. The number of rotatable bonds is 1. The third kappa shape index (κ3) is 1.95. The van der Waals surface area contributed by atoms with Crippen molar-refractivity contribution in [2.45, 2.75) is 12.8 Å². The van der Waals surface area contributed by atoms with Crippen LogP contribution >= 0.6 is 0 Å². The number of hydrazine groups is 1. The van der Waals surface area contributed by atoms with Gasteiger partial charge in [0.05, 0.1) is 0 Å². The van der Waals surface area contributed by atoms with Gasteiger partial charge in [-0.15, -0.1) is 0 Å². The zero-order valence-electron chi connectivity index (χ0n) is 6.30. The van der Waals surface area contributed by atoms with Crippen molar-refractivity contribution in [1.29, 1.82) is 0 Å². The lowest BCUT2D eigenvalue weighted by Gasteiger charge is -2.31. The van der Waals surface area contributed by atoms with E-state index in [1.807, 2.05) is 0 Å². The van der Waals surface area contributed by atoms with Crippen LogP contribution < -0.4 is 0 Å². The molecule has 0 bridgehead atoms. The first kappa shape index (κ1) is 7.03. The molecule has 2 heteroatoms. The summed E-state index contributed by atoms with van der Waals surface area (Å²) in [5, 5.41) is 4.53. The average molecular weight is 127 g/mol. The predicted octanol–water partition coefficient (Wildman–Crippen LogP) is 0.763. The van der Waals surface area contributed by atoms with Crippen LogP contribution in [0.2, 0.25) is 0 Å². The van der Waals surface area contributed by atoms with Crippen molar-refractivity contribution < 1.29 is 0 Å². The zero-order valence-corrected chi connectivity index (χ0v) is 6.30. The van der Waals surface area contributed by atoms with E-state index in [2.05, 4.69) is 30.5 Å². The fourth-order valence-electron chi connectivity index (χ4n) is 1.14. The van der Waals surface area contributed by atoms with Gasteiger partial charge in [-0.05, 0) is 19.3 Å². The molecule has 1 aliphatic rings. The van der Waals surface area contributed by atoms with Crippen LogP contribution in [0.4, 0.5) is 0 Å².